The summed E-state index contributed by atoms with van der Waals surface area (Å²) in [5.41, 5.74) is 0.565. The van der Waals surface area contributed by atoms with Crippen molar-refractivity contribution in [3.05, 3.63) is 47.1 Å². The molecule has 0 bridgehead atoms. The first-order chi connectivity index (χ1) is 11.7. The molecule has 24 heavy (non-hydrogen) atoms. The summed E-state index contributed by atoms with van der Waals surface area (Å²) in [5, 5.41) is 7.85. The molecule has 1 aromatic heterocycles. The van der Waals surface area contributed by atoms with Crippen LogP contribution in [0, 0.1) is 5.92 Å². The average Bonchev–Trinajstić information content (AvgIpc) is 3.20. The van der Waals surface area contributed by atoms with Gasteiger partial charge in [0.15, 0.2) is 5.82 Å². The first kappa shape index (κ1) is 15.6. The minimum absolute atomic E-state index is 0.0159. The lowest BCUT2D eigenvalue weighted by atomic mass is 9.88. The van der Waals surface area contributed by atoms with Gasteiger partial charge in [-0.05, 0) is 30.0 Å². The predicted molar refractivity (Wildman–Crippen MR) is 86.5 cm³/mol. The standard InChI is InChI=1S/C17H18ClN3O3/c18-12-3-1-11(2-4-12)13-9-14(13)15(22)20-17(5-7-23-8-6-17)16-19-10-24-21-16/h1-4,10,13-14H,5-9H2,(H,20,22)/t13-,14-/m1/s1. The Bertz CT molecular complexity index is 711. The van der Waals surface area contributed by atoms with Crippen LogP contribution >= 0.6 is 11.6 Å². The van der Waals surface area contributed by atoms with Gasteiger partial charge in [-0.2, -0.15) is 4.98 Å². The molecule has 2 aliphatic rings. The lowest BCUT2D eigenvalue weighted by Crippen LogP contribution is -2.50. The van der Waals surface area contributed by atoms with Gasteiger partial charge in [0.2, 0.25) is 12.3 Å². The van der Waals surface area contributed by atoms with E-state index >= 15 is 0 Å². The van der Waals surface area contributed by atoms with E-state index in [4.69, 9.17) is 20.9 Å². The highest BCUT2D eigenvalue weighted by Crippen LogP contribution is 2.48. The Kier molecular flexibility index (Phi) is 4.02. The molecule has 1 aliphatic heterocycles. The summed E-state index contributed by atoms with van der Waals surface area (Å²) in [6.07, 6.45) is 3.45. The van der Waals surface area contributed by atoms with Crippen molar-refractivity contribution in [2.45, 2.75) is 30.7 Å². The molecule has 0 spiro atoms. The summed E-state index contributed by atoms with van der Waals surface area (Å²) in [6.45, 7) is 1.14. The van der Waals surface area contributed by atoms with Gasteiger partial charge in [-0.25, -0.2) is 0 Å². The van der Waals surface area contributed by atoms with Gasteiger partial charge in [0.1, 0.15) is 5.54 Å². The lowest BCUT2D eigenvalue weighted by Gasteiger charge is -2.35. The van der Waals surface area contributed by atoms with Crippen LogP contribution in [0.1, 0.15) is 36.6 Å². The Morgan fingerprint density at radius 1 is 1.25 bits per heavy atom. The van der Waals surface area contributed by atoms with Crippen LogP contribution < -0.4 is 5.32 Å². The number of carbonyl (C=O) groups is 1. The number of ether oxygens (including phenoxy) is 1. The van der Waals surface area contributed by atoms with Gasteiger partial charge in [0.05, 0.1) is 0 Å². The maximum Gasteiger partial charge on any atom is 0.224 e. The van der Waals surface area contributed by atoms with E-state index in [2.05, 4.69) is 15.5 Å². The minimum atomic E-state index is -0.588. The number of hydrogen-bond donors (Lipinski definition) is 1. The summed E-state index contributed by atoms with van der Waals surface area (Å²) in [7, 11) is 0. The number of aromatic nitrogens is 2. The minimum Gasteiger partial charge on any atom is -0.381 e. The fraction of sp³-hybridized carbons (Fsp3) is 0.471. The molecule has 2 aromatic rings. The number of carbonyl (C=O) groups excluding carboxylic acids is 1. The average molecular weight is 348 g/mol. The number of hydrogen-bond acceptors (Lipinski definition) is 5. The number of amides is 1. The molecular weight excluding hydrogens is 330 g/mol. The maximum absolute atomic E-state index is 12.8. The maximum atomic E-state index is 12.8. The molecule has 4 rings (SSSR count). The molecule has 1 aliphatic carbocycles. The highest BCUT2D eigenvalue weighted by Gasteiger charge is 2.48. The van der Waals surface area contributed by atoms with Crippen molar-refractivity contribution >= 4 is 17.5 Å². The second-order valence-corrected chi connectivity index (χ2v) is 6.88. The predicted octanol–water partition coefficient (Wildman–Crippen LogP) is 2.65. The summed E-state index contributed by atoms with van der Waals surface area (Å²) in [5.74, 6) is 0.812. The summed E-state index contributed by atoms with van der Waals surface area (Å²) in [6, 6.07) is 7.71. The van der Waals surface area contributed by atoms with E-state index < -0.39 is 5.54 Å². The summed E-state index contributed by atoms with van der Waals surface area (Å²) < 4.78 is 10.3. The van der Waals surface area contributed by atoms with Gasteiger partial charge in [-0.15, -0.1) is 0 Å². The van der Waals surface area contributed by atoms with Crippen LogP contribution in [0.2, 0.25) is 5.02 Å². The molecule has 1 N–H and O–H groups in total. The molecule has 6 nitrogen and oxygen atoms in total. The highest BCUT2D eigenvalue weighted by molar-refractivity contribution is 6.30. The van der Waals surface area contributed by atoms with Crippen LogP contribution in [-0.4, -0.2) is 29.3 Å². The lowest BCUT2D eigenvalue weighted by molar-refractivity contribution is -0.126. The van der Waals surface area contributed by atoms with Gasteiger partial charge in [-0.3, -0.25) is 4.79 Å². The molecule has 2 atom stereocenters. The van der Waals surface area contributed by atoms with E-state index in [1.165, 1.54) is 6.39 Å². The first-order valence-electron chi connectivity index (χ1n) is 8.10. The second-order valence-electron chi connectivity index (χ2n) is 6.44. The molecule has 126 valence electrons. The quantitative estimate of drug-likeness (QED) is 0.920. The van der Waals surface area contributed by atoms with Crippen LogP contribution in [0.3, 0.4) is 0 Å². The van der Waals surface area contributed by atoms with Gasteiger partial charge in [-0.1, -0.05) is 28.9 Å². The number of nitrogens with one attached hydrogen (secondary N) is 1. The number of halogens is 1. The Morgan fingerprint density at radius 3 is 2.67 bits per heavy atom. The molecule has 1 saturated carbocycles. The van der Waals surface area contributed by atoms with E-state index in [0.717, 1.165) is 12.0 Å². The van der Waals surface area contributed by atoms with Gasteiger partial charge < -0.3 is 14.6 Å². The van der Waals surface area contributed by atoms with E-state index in [1.807, 2.05) is 24.3 Å². The first-order valence-corrected chi connectivity index (χ1v) is 8.48. The summed E-state index contributed by atoms with van der Waals surface area (Å²) >= 11 is 5.93. The van der Waals surface area contributed by atoms with E-state index in [1.54, 1.807) is 0 Å². The van der Waals surface area contributed by atoms with Crippen molar-refractivity contribution in [3.8, 4) is 0 Å². The molecule has 0 radical (unpaired) electrons. The Morgan fingerprint density at radius 2 is 2.00 bits per heavy atom. The van der Waals surface area contributed by atoms with Crippen LogP contribution in [-0.2, 0) is 15.1 Å². The Balaban J connectivity index is 1.48. The second kappa shape index (κ2) is 6.18. The van der Waals surface area contributed by atoms with Gasteiger partial charge in [0, 0.05) is 37.0 Å². The highest BCUT2D eigenvalue weighted by atomic mass is 35.5. The monoisotopic (exact) mass is 347 g/mol. The smallest absolute Gasteiger partial charge is 0.224 e. The van der Waals surface area contributed by atoms with Crippen molar-refractivity contribution in [2.24, 2.45) is 5.92 Å². The third-order valence-corrected chi connectivity index (χ3v) is 5.18. The SMILES string of the molecule is O=C(NC1(c2ncon2)CCOCC1)[C@@H]1C[C@@H]1c1ccc(Cl)cc1. The van der Waals surface area contributed by atoms with Crippen LogP contribution in [0.4, 0.5) is 0 Å². The third-order valence-electron chi connectivity index (χ3n) is 4.92. The van der Waals surface area contributed by atoms with Crippen molar-refractivity contribution in [1.82, 2.24) is 15.5 Å². The molecule has 2 fully saturated rings. The van der Waals surface area contributed by atoms with E-state index in [-0.39, 0.29) is 17.7 Å². The van der Waals surface area contributed by atoms with Crippen molar-refractivity contribution < 1.29 is 14.1 Å². The van der Waals surface area contributed by atoms with Gasteiger partial charge in [0.25, 0.3) is 0 Å². The molecule has 1 amide bonds. The number of nitrogens with zero attached hydrogens (tertiary/aromatic N) is 2. The van der Waals surface area contributed by atoms with Crippen LogP contribution in [0.25, 0.3) is 0 Å². The van der Waals surface area contributed by atoms with E-state index in [9.17, 15) is 4.79 Å². The molecule has 1 aromatic carbocycles. The van der Waals surface area contributed by atoms with Crippen molar-refractivity contribution in [2.75, 3.05) is 13.2 Å². The van der Waals surface area contributed by atoms with Crippen LogP contribution in [0.5, 0.6) is 0 Å². The normalized spacial score (nSPS) is 25.2. The zero-order valence-electron chi connectivity index (χ0n) is 13.1. The molecular formula is C17H18ClN3O3. The third kappa shape index (κ3) is 2.91. The largest absolute Gasteiger partial charge is 0.381 e. The molecule has 1 saturated heterocycles. The number of benzene rings is 1. The molecule has 2 heterocycles. The van der Waals surface area contributed by atoms with Crippen molar-refractivity contribution in [1.29, 1.82) is 0 Å². The zero-order chi connectivity index (χ0) is 16.6. The Hall–Kier alpha value is -1.92. The fourth-order valence-electron chi connectivity index (χ4n) is 3.40. The molecule has 7 heteroatoms. The topological polar surface area (TPSA) is 77.3 Å². The molecule has 0 unspecified atom stereocenters. The summed E-state index contributed by atoms with van der Waals surface area (Å²) in [4.78, 5) is 16.9. The fourth-order valence-corrected chi connectivity index (χ4v) is 3.52. The van der Waals surface area contributed by atoms with E-state index in [0.29, 0.717) is 36.9 Å². The van der Waals surface area contributed by atoms with Crippen LogP contribution in [0.15, 0.2) is 35.2 Å². The van der Waals surface area contributed by atoms with Gasteiger partial charge >= 0.3 is 0 Å². The van der Waals surface area contributed by atoms with Crippen molar-refractivity contribution in [3.63, 3.8) is 0 Å². The number of rotatable bonds is 4. The zero-order valence-corrected chi connectivity index (χ0v) is 13.8. The Labute approximate surface area is 144 Å².